The van der Waals surface area contributed by atoms with Crippen molar-refractivity contribution in [2.75, 3.05) is 5.32 Å². The van der Waals surface area contributed by atoms with Gasteiger partial charge in [-0.1, -0.05) is 27.2 Å². The fourth-order valence-electron chi connectivity index (χ4n) is 0.999. The Morgan fingerprint density at radius 3 is 2.92 bits per heavy atom. The topological polar surface area (TPSA) is 38.1 Å². The minimum atomic E-state index is 0.845. The highest BCUT2D eigenvalue weighted by Crippen LogP contribution is 2.19. The van der Waals surface area contributed by atoms with E-state index >= 15 is 0 Å². The second-order valence-electron chi connectivity index (χ2n) is 2.55. The van der Waals surface area contributed by atoms with Crippen LogP contribution in [0.5, 0.6) is 0 Å². The fourth-order valence-corrected chi connectivity index (χ4v) is 1.40. The molecule has 1 aromatic heterocycles. The van der Waals surface area contributed by atoms with Crippen LogP contribution >= 0.6 is 15.9 Å². The number of aromatic nitrogens is 1. The maximum atomic E-state index is 4.69. The molecule has 0 fully saturated rings. The van der Waals surface area contributed by atoms with Crippen molar-refractivity contribution in [3.05, 3.63) is 41.2 Å². The molecule has 13 heavy (non-hydrogen) atoms. The summed E-state index contributed by atoms with van der Waals surface area (Å²) in [6.07, 6.45) is 3.18. The van der Waals surface area contributed by atoms with Crippen molar-refractivity contribution in [1.29, 1.82) is 0 Å². The van der Waals surface area contributed by atoms with Crippen molar-refractivity contribution >= 4 is 27.3 Å². The third-order valence-electron chi connectivity index (χ3n) is 1.55. The molecule has 0 aliphatic rings. The van der Waals surface area contributed by atoms with E-state index in [9.17, 15) is 0 Å². The van der Waals surface area contributed by atoms with E-state index in [0.717, 1.165) is 15.8 Å². The van der Waals surface area contributed by atoms with Gasteiger partial charge in [-0.05, 0) is 18.2 Å². The lowest BCUT2D eigenvalue weighted by molar-refractivity contribution is 0.420. The number of hydrogen-bond acceptors (Lipinski definition) is 3. The zero-order valence-corrected chi connectivity index (χ0v) is 8.28. The van der Waals surface area contributed by atoms with Crippen LogP contribution in [0.1, 0.15) is 0 Å². The molecule has 0 bridgehead atoms. The van der Waals surface area contributed by atoms with E-state index in [1.165, 1.54) is 0 Å². The van der Waals surface area contributed by atoms with E-state index in [1.807, 2.05) is 24.3 Å². The second kappa shape index (κ2) is 3.62. The minimum absolute atomic E-state index is 0.845. The number of nitrogens with zero attached hydrogens (tertiary/aromatic N) is 1. The molecule has 3 nitrogen and oxygen atoms in total. The average Bonchev–Trinajstić information content (AvgIpc) is 2.57. The van der Waals surface area contributed by atoms with Crippen LogP contribution in [0.4, 0.5) is 11.4 Å². The van der Waals surface area contributed by atoms with Crippen molar-refractivity contribution < 1.29 is 4.52 Å². The summed E-state index contributed by atoms with van der Waals surface area (Å²) in [4.78, 5) is 0. The molecule has 66 valence electrons. The Hall–Kier alpha value is -1.29. The lowest BCUT2D eigenvalue weighted by Crippen LogP contribution is -1.86. The van der Waals surface area contributed by atoms with Crippen molar-refractivity contribution in [3.63, 3.8) is 0 Å². The molecule has 1 N–H and O–H groups in total. The quantitative estimate of drug-likeness (QED) is 0.874. The van der Waals surface area contributed by atoms with Gasteiger partial charge in [0, 0.05) is 10.2 Å². The largest absolute Gasteiger partial charge is 0.363 e. The van der Waals surface area contributed by atoms with Crippen LogP contribution in [-0.2, 0) is 0 Å². The molecule has 1 aromatic carbocycles. The van der Waals surface area contributed by atoms with Crippen molar-refractivity contribution in [2.45, 2.75) is 0 Å². The first-order valence-electron chi connectivity index (χ1n) is 3.76. The third kappa shape index (κ3) is 2.09. The third-order valence-corrected chi connectivity index (χ3v) is 2.04. The molecule has 0 spiro atoms. The van der Waals surface area contributed by atoms with E-state index in [1.54, 1.807) is 12.5 Å². The molecule has 4 heteroatoms. The lowest BCUT2D eigenvalue weighted by Gasteiger charge is -2.01. The molecule has 2 rings (SSSR count). The maximum absolute atomic E-state index is 4.69. The van der Waals surface area contributed by atoms with E-state index in [-0.39, 0.29) is 0 Å². The number of halogens is 1. The Balaban J connectivity index is 2.19. The van der Waals surface area contributed by atoms with Crippen LogP contribution in [0.25, 0.3) is 0 Å². The van der Waals surface area contributed by atoms with Gasteiger partial charge < -0.3 is 9.84 Å². The van der Waals surface area contributed by atoms with Gasteiger partial charge in [0.25, 0.3) is 0 Å². The minimum Gasteiger partial charge on any atom is -0.363 e. The molecule has 0 unspecified atom stereocenters. The predicted octanol–water partition coefficient (Wildman–Crippen LogP) is 3.18. The molecule has 0 saturated carbocycles. The number of benzene rings is 1. The van der Waals surface area contributed by atoms with Crippen LogP contribution in [0.2, 0.25) is 0 Å². The Bertz CT molecular complexity index is 386. The van der Waals surface area contributed by atoms with Gasteiger partial charge >= 0.3 is 0 Å². The highest BCUT2D eigenvalue weighted by molar-refractivity contribution is 9.10. The fraction of sp³-hybridized carbons (Fsp3) is 0. The van der Waals surface area contributed by atoms with E-state index in [0.29, 0.717) is 0 Å². The summed E-state index contributed by atoms with van der Waals surface area (Å²) in [5.74, 6) is 0. The van der Waals surface area contributed by atoms with Crippen LogP contribution in [0.3, 0.4) is 0 Å². The Labute approximate surface area is 83.9 Å². The van der Waals surface area contributed by atoms with E-state index in [4.69, 9.17) is 4.52 Å². The van der Waals surface area contributed by atoms with Crippen molar-refractivity contribution in [3.8, 4) is 0 Å². The lowest BCUT2D eigenvalue weighted by atomic mass is 10.3. The number of nitrogens with one attached hydrogen (secondary N) is 1. The van der Waals surface area contributed by atoms with Gasteiger partial charge in [0.05, 0.1) is 11.9 Å². The number of hydrogen-bond donors (Lipinski definition) is 1. The normalized spacial score (nSPS) is 9.92. The highest BCUT2D eigenvalue weighted by atomic mass is 79.9. The molecule has 0 saturated heterocycles. The molecule has 0 aliphatic carbocycles. The Kier molecular flexibility index (Phi) is 2.31. The second-order valence-corrected chi connectivity index (χ2v) is 3.46. The van der Waals surface area contributed by atoms with Crippen LogP contribution < -0.4 is 5.32 Å². The first-order valence-corrected chi connectivity index (χ1v) is 4.56. The molecule has 0 aliphatic heterocycles. The monoisotopic (exact) mass is 238 g/mol. The standard InChI is InChI=1S/C9H7BrN2O/c10-7-2-1-3-8(4-7)12-9-5-11-13-6-9/h1-6,12H. The zero-order valence-electron chi connectivity index (χ0n) is 6.70. The first kappa shape index (κ1) is 8.31. The van der Waals surface area contributed by atoms with Gasteiger partial charge in [-0.2, -0.15) is 0 Å². The summed E-state index contributed by atoms with van der Waals surface area (Å²) in [6, 6.07) is 7.88. The number of anilines is 2. The van der Waals surface area contributed by atoms with Gasteiger partial charge in [-0.3, -0.25) is 0 Å². The summed E-state index contributed by atoms with van der Waals surface area (Å²) >= 11 is 3.39. The molecule has 0 atom stereocenters. The van der Waals surface area contributed by atoms with Gasteiger partial charge in [-0.15, -0.1) is 0 Å². The Morgan fingerprint density at radius 1 is 1.31 bits per heavy atom. The van der Waals surface area contributed by atoms with Crippen LogP contribution in [-0.4, -0.2) is 5.16 Å². The van der Waals surface area contributed by atoms with Gasteiger partial charge in [0.2, 0.25) is 0 Å². The van der Waals surface area contributed by atoms with Gasteiger partial charge in [-0.25, -0.2) is 0 Å². The smallest absolute Gasteiger partial charge is 0.147 e. The predicted molar refractivity (Wildman–Crippen MR) is 53.9 cm³/mol. The van der Waals surface area contributed by atoms with E-state index < -0.39 is 0 Å². The summed E-state index contributed by atoms with van der Waals surface area (Å²) in [7, 11) is 0. The Morgan fingerprint density at radius 2 is 2.23 bits per heavy atom. The average molecular weight is 239 g/mol. The highest BCUT2D eigenvalue weighted by Gasteiger charge is 1.96. The van der Waals surface area contributed by atoms with Gasteiger partial charge in [0.1, 0.15) is 6.26 Å². The maximum Gasteiger partial charge on any atom is 0.147 e. The summed E-state index contributed by atoms with van der Waals surface area (Å²) in [5.41, 5.74) is 1.84. The summed E-state index contributed by atoms with van der Waals surface area (Å²) in [6.45, 7) is 0. The molecule has 0 radical (unpaired) electrons. The van der Waals surface area contributed by atoms with Crippen molar-refractivity contribution in [1.82, 2.24) is 5.16 Å². The van der Waals surface area contributed by atoms with E-state index in [2.05, 4.69) is 26.4 Å². The van der Waals surface area contributed by atoms with Crippen LogP contribution in [0.15, 0.2) is 45.7 Å². The van der Waals surface area contributed by atoms with Gasteiger partial charge in [0.15, 0.2) is 0 Å². The molecular weight excluding hydrogens is 232 g/mol. The molecule has 1 heterocycles. The van der Waals surface area contributed by atoms with Crippen molar-refractivity contribution in [2.24, 2.45) is 0 Å². The molecule has 2 aromatic rings. The SMILES string of the molecule is Brc1cccc(Nc2cnoc2)c1. The zero-order chi connectivity index (χ0) is 9.10. The summed E-state index contributed by atoms with van der Waals surface area (Å²) in [5, 5.41) is 6.73. The van der Waals surface area contributed by atoms with Crippen LogP contribution in [0, 0.1) is 0 Å². The summed E-state index contributed by atoms with van der Waals surface area (Å²) < 4.78 is 5.73. The molecule has 0 amide bonds. The number of rotatable bonds is 2. The molecular formula is C9H7BrN2O. The first-order chi connectivity index (χ1) is 6.34.